The quantitative estimate of drug-likeness (QED) is 0.0946. The summed E-state index contributed by atoms with van der Waals surface area (Å²) >= 11 is 0. The van der Waals surface area contributed by atoms with Crippen LogP contribution in [-0.4, -0.2) is 32.9 Å². The molecule has 1 atom stereocenters. The first-order valence-electron chi connectivity index (χ1n) is 12.5. The highest BCUT2D eigenvalue weighted by molar-refractivity contribution is 6.01. The number of anilines is 1. The van der Waals surface area contributed by atoms with Crippen molar-refractivity contribution in [1.29, 1.82) is 0 Å². The van der Waals surface area contributed by atoms with Gasteiger partial charge in [0.1, 0.15) is 12.2 Å². The van der Waals surface area contributed by atoms with Crippen LogP contribution >= 0.6 is 0 Å². The van der Waals surface area contributed by atoms with Gasteiger partial charge >= 0.3 is 5.97 Å². The van der Waals surface area contributed by atoms with Gasteiger partial charge in [-0.25, -0.2) is 4.39 Å². The van der Waals surface area contributed by atoms with E-state index in [1.165, 1.54) is 18.3 Å². The Kier molecular flexibility index (Phi) is 8.54. The third-order valence-corrected chi connectivity index (χ3v) is 6.67. The fraction of sp³-hybridized carbons (Fsp3) is 0.161. The SMILES string of the molecule is Cc1cc(F)ccc1C(C/C(=N\O)c1c[nH]c(=O)c(C)c1)c1ccc(-c2ccc(NC(=O)CC(=O)O)cc2)cc1. The average Bonchev–Trinajstić information content (AvgIpc) is 2.92. The summed E-state index contributed by atoms with van der Waals surface area (Å²) in [7, 11) is 0. The molecule has 0 aliphatic carbocycles. The van der Waals surface area contributed by atoms with E-state index in [9.17, 15) is 24.0 Å². The molecule has 0 radical (unpaired) electrons. The van der Waals surface area contributed by atoms with Crippen molar-refractivity contribution in [2.75, 3.05) is 5.32 Å². The molecule has 4 rings (SSSR count). The van der Waals surface area contributed by atoms with Crippen LogP contribution in [0, 0.1) is 19.7 Å². The third-order valence-electron chi connectivity index (χ3n) is 6.67. The maximum absolute atomic E-state index is 13.9. The molecule has 8 nitrogen and oxygen atoms in total. The number of halogens is 1. The molecular formula is C31H28FN3O5. The van der Waals surface area contributed by atoms with Gasteiger partial charge in [0.2, 0.25) is 5.91 Å². The van der Waals surface area contributed by atoms with Crippen LogP contribution in [0.3, 0.4) is 0 Å². The number of aliphatic carboxylic acids is 1. The number of oxime groups is 1. The van der Waals surface area contributed by atoms with Crippen LogP contribution in [0.15, 0.2) is 88.9 Å². The fourth-order valence-electron chi connectivity index (χ4n) is 4.61. The zero-order valence-electron chi connectivity index (χ0n) is 21.9. The molecule has 0 saturated carbocycles. The number of hydrogen-bond acceptors (Lipinski definition) is 5. The Morgan fingerprint density at radius 2 is 1.60 bits per heavy atom. The molecule has 1 amide bonds. The summed E-state index contributed by atoms with van der Waals surface area (Å²) in [5.41, 5.74) is 6.05. The van der Waals surface area contributed by atoms with Crippen molar-refractivity contribution >= 4 is 23.3 Å². The Morgan fingerprint density at radius 1 is 0.950 bits per heavy atom. The van der Waals surface area contributed by atoms with Crippen molar-refractivity contribution in [3.8, 4) is 11.1 Å². The number of carboxylic acids is 1. The molecule has 0 aliphatic heterocycles. The van der Waals surface area contributed by atoms with E-state index < -0.39 is 18.3 Å². The summed E-state index contributed by atoms with van der Waals surface area (Å²) in [5, 5.41) is 24.7. The largest absolute Gasteiger partial charge is 0.481 e. The molecule has 4 N–H and O–H groups in total. The fourth-order valence-corrected chi connectivity index (χ4v) is 4.61. The molecule has 204 valence electrons. The number of hydrogen-bond donors (Lipinski definition) is 4. The molecule has 4 aromatic rings. The van der Waals surface area contributed by atoms with Crippen LogP contribution in [0.25, 0.3) is 11.1 Å². The van der Waals surface area contributed by atoms with Gasteiger partial charge in [-0.05, 0) is 72.0 Å². The number of nitrogens with one attached hydrogen (secondary N) is 2. The first-order valence-corrected chi connectivity index (χ1v) is 12.5. The van der Waals surface area contributed by atoms with Gasteiger partial charge in [0.15, 0.2) is 0 Å². The number of carboxylic acid groups (broad SMARTS) is 1. The number of aromatic amines is 1. The van der Waals surface area contributed by atoms with Crippen LogP contribution in [0.1, 0.15) is 46.6 Å². The van der Waals surface area contributed by atoms with Gasteiger partial charge in [-0.3, -0.25) is 14.4 Å². The van der Waals surface area contributed by atoms with E-state index in [1.54, 1.807) is 31.2 Å². The molecule has 0 aliphatic rings. The Labute approximate surface area is 229 Å². The molecule has 0 saturated heterocycles. The lowest BCUT2D eigenvalue weighted by Crippen LogP contribution is -2.15. The van der Waals surface area contributed by atoms with E-state index in [-0.39, 0.29) is 17.3 Å². The summed E-state index contributed by atoms with van der Waals surface area (Å²) in [6.45, 7) is 3.50. The Hall–Kier alpha value is -5.05. The topological polar surface area (TPSA) is 132 Å². The number of carbonyl (C=O) groups is 2. The number of pyridine rings is 1. The monoisotopic (exact) mass is 541 g/mol. The molecule has 9 heteroatoms. The van der Waals surface area contributed by atoms with Crippen molar-refractivity contribution in [2.24, 2.45) is 5.16 Å². The van der Waals surface area contributed by atoms with Gasteiger partial charge < -0.3 is 20.6 Å². The first kappa shape index (κ1) is 28.0. The van der Waals surface area contributed by atoms with Crippen LogP contribution in [0.5, 0.6) is 0 Å². The lowest BCUT2D eigenvalue weighted by Gasteiger charge is -2.21. The highest BCUT2D eigenvalue weighted by atomic mass is 19.1. The van der Waals surface area contributed by atoms with Gasteiger partial charge in [0.05, 0.1) is 5.71 Å². The molecule has 1 aromatic heterocycles. The van der Waals surface area contributed by atoms with Gasteiger partial charge in [0.25, 0.3) is 5.56 Å². The van der Waals surface area contributed by atoms with Crippen molar-refractivity contribution < 1.29 is 24.3 Å². The second-order valence-electron chi connectivity index (χ2n) is 9.52. The number of rotatable bonds is 9. The lowest BCUT2D eigenvalue weighted by atomic mass is 9.83. The maximum atomic E-state index is 13.9. The van der Waals surface area contributed by atoms with Crippen molar-refractivity contribution in [3.63, 3.8) is 0 Å². The van der Waals surface area contributed by atoms with Crippen molar-refractivity contribution in [2.45, 2.75) is 32.6 Å². The van der Waals surface area contributed by atoms with Crippen molar-refractivity contribution in [1.82, 2.24) is 4.98 Å². The normalized spacial score (nSPS) is 12.1. The first-order chi connectivity index (χ1) is 19.1. The number of carbonyl (C=O) groups excluding carboxylic acids is 1. The number of aryl methyl sites for hydroxylation is 2. The van der Waals surface area contributed by atoms with Gasteiger partial charge in [0, 0.05) is 35.3 Å². The molecule has 0 bridgehead atoms. The number of benzene rings is 3. The second-order valence-corrected chi connectivity index (χ2v) is 9.52. The van der Waals surface area contributed by atoms with E-state index in [0.29, 0.717) is 28.9 Å². The molecule has 40 heavy (non-hydrogen) atoms. The molecule has 1 heterocycles. The predicted molar refractivity (Wildman–Crippen MR) is 150 cm³/mol. The van der Waals surface area contributed by atoms with Gasteiger partial charge in [-0.2, -0.15) is 0 Å². The summed E-state index contributed by atoms with van der Waals surface area (Å²) in [4.78, 5) is 36.9. The lowest BCUT2D eigenvalue weighted by molar-refractivity contribution is -0.139. The number of aromatic nitrogens is 1. The molecular weight excluding hydrogens is 513 g/mol. The maximum Gasteiger partial charge on any atom is 0.312 e. The van der Waals surface area contributed by atoms with Gasteiger partial charge in [-0.15, -0.1) is 0 Å². The summed E-state index contributed by atoms with van der Waals surface area (Å²) in [6, 6.07) is 21.1. The minimum absolute atomic E-state index is 0.224. The zero-order valence-corrected chi connectivity index (χ0v) is 21.9. The Morgan fingerprint density at radius 3 is 2.17 bits per heavy atom. The van der Waals surface area contributed by atoms with Crippen LogP contribution in [0.4, 0.5) is 10.1 Å². The van der Waals surface area contributed by atoms with Crippen LogP contribution in [-0.2, 0) is 9.59 Å². The second kappa shape index (κ2) is 12.2. The number of amides is 1. The zero-order chi connectivity index (χ0) is 28.8. The van der Waals surface area contributed by atoms with E-state index in [4.69, 9.17) is 5.11 Å². The van der Waals surface area contributed by atoms with E-state index in [0.717, 1.165) is 27.8 Å². The molecule has 0 fully saturated rings. The Balaban J connectivity index is 1.63. The number of nitrogens with zero attached hydrogens (tertiary/aromatic N) is 1. The summed E-state index contributed by atoms with van der Waals surface area (Å²) in [5.74, 6) is -2.42. The summed E-state index contributed by atoms with van der Waals surface area (Å²) in [6.07, 6.45) is 1.19. The molecule has 0 spiro atoms. The van der Waals surface area contributed by atoms with E-state index >= 15 is 0 Å². The Bertz CT molecular complexity index is 1630. The minimum Gasteiger partial charge on any atom is -0.481 e. The molecule has 3 aromatic carbocycles. The number of H-pyrrole nitrogens is 1. The van der Waals surface area contributed by atoms with E-state index in [1.807, 2.05) is 43.3 Å². The van der Waals surface area contributed by atoms with E-state index in [2.05, 4.69) is 15.5 Å². The van der Waals surface area contributed by atoms with Gasteiger partial charge in [-0.1, -0.05) is 47.6 Å². The smallest absolute Gasteiger partial charge is 0.312 e. The highest BCUT2D eigenvalue weighted by Crippen LogP contribution is 2.34. The van der Waals surface area contributed by atoms with Crippen molar-refractivity contribution in [3.05, 3.63) is 123 Å². The third kappa shape index (κ3) is 6.68. The summed E-state index contributed by atoms with van der Waals surface area (Å²) < 4.78 is 13.9. The minimum atomic E-state index is -1.20. The standard InChI is InChI=1S/C31H28FN3O5/c1-18-14-24(32)9-12-26(18)27(15-28(35-40)23-13-19(2)31(39)33-17-23)22-5-3-20(4-6-22)21-7-10-25(11-8-21)34-29(36)16-30(37)38/h3-14,17,27,40H,15-16H2,1-2H3,(H,33,39)(H,34,36)(H,37,38)/b35-28+. The average molecular weight is 542 g/mol. The predicted octanol–water partition coefficient (Wildman–Crippen LogP) is 5.61. The van der Waals surface area contributed by atoms with Crippen LogP contribution < -0.4 is 10.9 Å². The highest BCUT2D eigenvalue weighted by Gasteiger charge is 2.21. The molecule has 1 unspecified atom stereocenters. The van der Waals surface area contributed by atoms with Crippen LogP contribution in [0.2, 0.25) is 0 Å².